The number of rotatable bonds is 3. The van der Waals surface area contributed by atoms with Crippen LogP contribution < -0.4 is 5.32 Å². The van der Waals surface area contributed by atoms with Gasteiger partial charge in [0, 0.05) is 12.7 Å². The summed E-state index contributed by atoms with van der Waals surface area (Å²) in [7, 11) is 1.72. The van der Waals surface area contributed by atoms with Gasteiger partial charge in [-0.25, -0.2) is 4.79 Å². The van der Waals surface area contributed by atoms with Crippen LogP contribution in [0.15, 0.2) is 45.5 Å². The summed E-state index contributed by atoms with van der Waals surface area (Å²) >= 11 is 3.24. The van der Waals surface area contributed by atoms with Crippen molar-refractivity contribution in [3.05, 3.63) is 52.4 Å². The zero-order chi connectivity index (χ0) is 13.8. The highest BCUT2D eigenvalue weighted by molar-refractivity contribution is 9.10. The number of hydrogen-bond acceptors (Lipinski definition) is 2. The Morgan fingerprint density at radius 2 is 2.16 bits per heavy atom. The molecule has 0 fully saturated rings. The highest BCUT2D eigenvalue weighted by Crippen LogP contribution is 2.16. The van der Waals surface area contributed by atoms with Gasteiger partial charge in [0.15, 0.2) is 4.67 Å². The molecule has 1 heterocycles. The van der Waals surface area contributed by atoms with Crippen molar-refractivity contribution in [3.8, 4) is 0 Å². The molecule has 1 aromatic heterocycles. The van der Waals surface area contributed by atoms with E-state index in [0.717, 1.165) is 17.0 Å². The molecule has 0 aliphatic rings. The third kappa shape index (κ3) is 3.86. The Morgan fingerprint density at radius 1 is 1.37 bits per heavy atom. The van der Waals surface area contributed by atoms with Gasteiger partial charge < -0.3 is 14.6 Å². The molecule has 0 unspecified atom stereocenters. The molecule has 4 nitrogen and oxygen atoms in total. The van der Waals surface area contributed by atoms with Crippen molar-refractivity contribution < 1.29 is 9.21 Å². The number of carbonyl (C=O) groups excluding carboxylic acids is 1. The molecule has 2 amide bonds. The fourth-order valence-electron chi connectivity index (χ4n) is 1.68. The first kappa shape index (κ1) is 13.7. The minimum absolute atomic E-state index is 0.168. The number of nitrogens with zero attached hydrogens (tertiary/aromatic N) is 1. The number of nitrogens with one attached hydrogen (secondary N) is 1. The maximum Gasteiger partial charge on any atom is 0.321 e. The van der Waals surface area contributed by atoms with Crippen molar-refractivity contribution in [1.82, 2.24) is 4.90 Å². The second-order valence-electron chi connectivity index (χ2n) is 4.36. The normalized spacial score (nSPS) is 10.3. The number of benzene rings is 1. The fraction of sp³-hybridized carbons (Fsp3) is 0.214. The molecule has 1 N–H and O–H groups in total. The van der Waals surface area contributed by atoms with Crippen molar-refractivity contribution in [2.75, 3.05) is 12.4 Å². The molecule has 2 aromatic rings. The Labute approximate surface area is 120 Å². The summed E-state index contributed by atoms with van der Waals surface area (Å²) in [5.74, 6) is 0.730. The quantitative estimate of drug-likeness (QED) is 0.927. The highest BCUT2D eigenvalue weighted by atomic mass is 79.9. The van der Waals surface area contributed by atoms with E-state index in [1.165, 1.54) is 0 Å². The third-order valence-electron chi connectivity index (χ3n) is 2.64. The maximum absolute atomic E-state index is 12.0. The molecule has 5 heteroatoms. The van der Waals surface area contributed by atoms with Crippen LogP contribution in [-0.2, 0) is 6.54 Å². The van der Waals surface area contributed by atoms with E-state index in [0.29, 0.717) is 11.2 Å². The van der Waals surface area contributed by atoms with Crippen molar-refractivity contribution in [3.63, 3.8) is 0 Å². The Bertz CT molecular complexity index is 580. The molecule has 0 saturated carbocycles. The second-order valence-corrected chi connectivity index (χ2v) is 5.14. The Kier molecular flexibility index (Phi) is 4.27. The zero-order valence-electron chi connectivity index (χ0n) is 10.8. The lowest BCUT2D eigenvalue weighted by Crippen LogP contribution is -2.30. The van der Waals surface area contributed by atoms with E-state index in [-0.39, 0.29) is 6.03 Å². The van der Waals surface area contributed by atoms with E-state index in [4.69, 9.17) is 4.42 Å². The van der Waals surface area contributed by atoms with Gasteiger partial charge in [-0.1, -0.05) is 12.1 Å². The summed E-state index contributed by atoms with van der Waals surface area (Å²) in [5.41, 5.74) is 1.90. The monoisotopic (exact) mass is 322 g/mol. The van der Waals surface area contributed by atoms with Crippen LogP contribution in [0.2, 0.25) is 0 Å². The number of carbonyl (C=O) groups is 1. The van der Waals surface area contributed by atoms with Crippen LogP contribution in [0.4, 0.5) is 10.5 Å². The number of hydrogen-bond donors (Lipinski definition) is 1. The molecule has 0 radical (unpaired) electrons. The van der Waals surface area contributed by atoms with Crippen molar-refractivity contribution >= 4 is 27.6 Å². The Balaban J connectivity index is 1.96. The van der Waals surface area contributed by atoms with Gasteiger partial charge in [0.2, 0.25) is 0 Å². The highest BCUT2D eigenvalue weighted by Gasteiger charge is 2.11. The van der Waals surface area contributed by atoms with E-state index in [9.17, 15) is 4.79 Å². The van der Waals surface area contributed by atoms with E-state index in [1.54, 1.807) is 11.9 Å². The summed E-state index contributed by atoms with van der Waals surface area (Å²) in [5, 5.41) is 2.84. The van der Waals surface area contributed by atoms with Gasteiger partial charge in [-0.15, -0.1) is 0 Å². The first-order chi connectivity index (χ1) is 9.04. The topological polar surface area (TPSA) is 45.5 Å². The standard InChI is InChI=1S/C14H15BrN2O2/c1-10-4-3-5-11(8-10)16-14(18)17(2)9-12-6-7-13(15)19-12/h3-8H,9H2,1-2H3,(H,16,18). The average Bonchev–Trinajstić information content (AvgIpc) is 2.74. The number of aryl methyl sites for hydroxylation is 1. The first-order valence-electron chi connectivity index (χ1n) is 5.87. The molecule has 0 aliphatic carbocycles. The summed E-state index contributed by atoms with van der Waals surface area (Å²) in [6, 6.07) is 11.2. The number of halogens is 1. The van der Waals surface area contributed by atoms with Crippen molar-refractivity contribution in [2.24, 2.45) is 0 Å². The molecule has 0 spiro atoms. The number of amides is 2. The summed E-state index contributed by atoms with van der Waals surface area (Å²) in [4.78, 5) is 13.6. The largest absolute Gasteiger partial charge is 0.452 e. The number of urea groups is 1. The molecular formula is C14H15BrN2O2. The second kappa shape index (κ2) is 5.93. The number of anilines is 1. The van der Waals surface area contributed by atoms with Crippen LogP contribution in [0.1, 0.15) is 11.3 Å². The van der Waals surface area contributed by atoms with Crippen molar-refractivity contribution in [2.45, 2.75) is 13.5 Å². The fourth-order valence-corrected chi connectivity index (χ4v) is 2.02. The maximum atomic E-state index is 12.0. The average molecular weight is 323 g/mol. The van der Waals surface area contributed by atoms with Crippen LogP contribution >= 0.6 is 15.9 Å². The molecule has 1 aromatic carbocycles. The van der Waals surface area contributed by atoms with Gasteiger partial charge in [-0.2, -0.15) is 0 Å². The van der Waals surface area contributed by atoms with Crippen LogP contribution in [0.25, 0.3) is 0 Å². The predicted molar refractivity (Wildman–Crippen MR) is 78.1 cm³/mol. The SMILES string of the molecule is Cc1cccc(NC(=O)N(C)Cc2ccc(Br)o2)c1. The van der Waals surface area contributed by atoms with E-state index >= 15 is 0 Å². The summed E-state index contributed by atoms with van der Waals surface area (Å²) in [6.45, 7) is 2.41. The minimum atomic E-state index is -0.168. The predicted octanol–water partition coefficient (Wildman–Crippen LogP) is 4.01. The lowest BCUT2D eigenvalue weighted by Gasteiger charge is -2.16. The van der Waals surface area contributed by atoms with Gasteiger partial charge in [-0.3, -0.25) is 0 Å². The molecular weight excluding hydrogens is 308 g/mol. The van der Waals surface area contributed by atoms with E-state index in [2.05, 4.69) is 21.2 Å². The van der Waals surface area contributed by atoms with Gasteiger partial charge in [0.25, 0.3) is 0 Å². The molecule has 2 rings (SSSR count). The van der Waals surface area contributed by atoms with Crippen molar-refractivity contribution in [1.29, 1.82) is 0 Å². The minimum Gasteiger partial charge on any atom is -0.452 e. The zero-order valence-corrected chi connectivity index (χ0v) is 12.4. The van der Waals surface area contributed by atoms with Gasteiger partial charge >= 0.3 is 6.03 Å². The van der Waals surface area contributed by atoms with Crippen LogP contribution in [0, 0.1) is 6.92 Å². The third-order valence-corrected chi connectivity index (χ3v) is 3.06. The molecule has 0 aliphatic heterocycles. The first-order valence-corrected chi connectivity index (χ1v) is 6.67. The van der Waals surface area contributed by atoms with Crippen LogP contribution in [0.3, 0.4) is 0 Å². The Hall–Kier alpha value is -1.75. The molecule has 100 valence electrons. The van der Waals surface area contributed by atoms with Crippen LogP contribution in [-0.4, -0.2) is 18.0 Å². The summed E-state index contributed by atoms with van der Waals surface area (Å²) < 4.78 is 6.03. The molecule has 0 saturated heterocycles. The van der Waals surface area contributed by atoms with Gasteiger partial charge in [0.1, 0.15) is 5.76 Å². The summed E-state index contributed by atoms with van der Waals surface area (Å²) in [6.07, 6.45) is 0. The lowest BCUT2D eigenvalue weighted by atomic mass is 10.2. The van der Waals surface area contributed by atoms with E-state index in [1.807, 2.05) is 43.3 Å². The van der Waals surface area contributed by atoms with E-state index < -0.39 is 0 Å². The molecule has 0 bridgehead atoms. The van der Waals surface area contributed by atoms with Gasteiger partial charge in [-0.05, 0) is 52.7 Å². The lowest BCUT2D eigenvalue weighted by molar-refractivity contribution is 0.216. The number of furan rings is 1. The molecule has 19 heavy (non-hydrogen) atoms. The molecule has 0 atom stereocenters. The van der Waals surface area contributed by atoms with Gasteiger partial charge in [0.05, 0.1) is 6.54 Å². The smallest absolute Gasteiger partial charge is 0.321 e. The Morgan fingerprint density at radius 3 is 2.79 bits per heavy atom. The van der Waals surface area contributed by atoms with Crippen LogP contribution in [0.5, 0.6) is 0 Å².